The van der Waals surface area contributed by atoms with E-state index in [2.05, 4.69) is 34.6 Å². The molecule has 162 valence electrons. The normalized spacial score (nSPS) is 11.0. The lowest BCUT2D eigenvalue weighted by Crippen LogP contribution is -1.98. The van der Waals surface area contributed by atoms with Crippen LogP contribution >= 0.6 is 22.9 Å². The third-order valence-corrected chi connectivity index (χ3v) is 5.84. The molecule has 0 atom stereocenters. The number of anilines is 1. The first-order valence-electron chi connectivity index (χ1n) is 9.99. The van der Waals surface area contributed by atoms with Gasteiger partial charge in [0.15, 0.2) is 11.5 Å². The molecule has 0 radical (unpaired) electrons. The Morgan fingerprint density at radius 1 is 1.03 bits per heavy atom. The molecule has 0 aliphatic rings. The summed E-state index contributed by atoms with van der Waals surface area (Å²) in [5.41, 5.74) is 6.99. The van der Waals surface area contributed by atoms with Gasteiger partial charge in [0.2, 0.25) is 5.13 Å². The second-order valence-electron chi connectivity index (χ2n) is 6.99. The zero-order chi connectivity index (χ0) is 22.3. The molecule has 0 saturated carbocycles. The molecule has 0 aliphatic carbocycles. The van der Waals surface area contributed by atoms with Gasteiger partial charge in [-0.1, -0.05) is 54.1 Å². The highest BCUT2D eigenvalue weighted by atomic mass is 35.5. The summed E-state index contributed by atoms with van der Waals surface area (Å²) < 4.78 is 11.4. The van der Waals surface area contributed by atoms with Crippen molar-refractivity contribution in [2.24, 2.45) is 5.10 Å². The number of thiazole rings is 1. The maximum atomic E-state index is 5.93. The molecule has 7 heteroatoms. The minimum absolute atomic E-state index is 0.426. The first-order chi connectivity index (χ1) is 15.6. The minimum atomic E-state index is 0.426. The smallest absolute Gasteiger partial charge is 0.204 e. The van der Waals surface area contributed by atoms with Crippen LogP contribution in [0.15, 0.2) is 77.9 Å². The number of halogens is 1. The van der Waals surface area contributed by atoms with Crippen LogP contribution in [-0.2, 0) is 6.61 Å². The van der Waals surface area contributed by atoms with Crippen LogP contribution in [0.1, 0.15) is 16.0 Å². The van der Waals surface area contributed by atoms with E-state index in [1.54, 1.807) is 24.7 Å². The van der Waals surface area contributed by atoms with Crippen LogP contribution in [0.3, 0.4) is 0 Å². The van der Waals surface area contributed by atoms with Crippen LogP contribution in [0.25, 0.3) is 11.3 Å². The van der Waals surface area contributed by atoms with Gasteiger partial charge >= 0.3 is 0 Å². The van der Waals surface area contributed by atoms with Crippen molar-refractivity contribution in [2.75, 3.05) is 12.5 Å². The summed E-state index contributed by atoms with van der Waals surface area (Å²) in [5, 5.41) is 5.78. The van der Waals surface area contributed by atoms with Crippen molar-refractivity contribution < 1.29 is 9.47 Å². The highest BCUT2D eigenvalue weighted by molar-refractivity contribution is 7.15. The number of nitrogens with zero attached hydrogens (tertiary/aromatic N) is 2. The standard InChI is InChI=1S/C25H22ClN3O2S/c1-17-24(20-6-4-3-5-7-20)28-25(32-17)29-27-15-19-10-13-22(23(14-19)30-2)31-16-18-8-11-21(26)12-9-18/h3-15H,16H2,1-2H3,(H,28,29)/b27-15-. The fraction of sp³-hybridized carbons (Fsp3) is 0.120. The Hall–Kier alpha value is -3.35. The van der Waals surface area contributed by atoms with Crippen molar-refractivity contribution in [3.05, 3.63) is 93.8 Å². The van der Waals surface area contributed by atoms with Crippen molar-refractivity contribution in [3.63, 3.8) is 0 Å². The average Bonchev–Trinajstić information content (AvgIpc) is 3.20. The SMILES string of the molecule is COc1cc(/C=N\Nc2nc(-c3ccccc3)c(C)s2)ccc1OCc1ccc(Cl)cc1. The predicted octanol–water partition coefficient (Wildman–Crippen LogP) is 6.81. The molecular formula is C25H22ClN3O2S. The van der Waals surface area contributed by atoms with Gasteiger partial charge in [-0.3, -0.25) is 5.43 Å². The largest absolute Gasteiger partial charge is 0.493 e. The predicted molar refractivity (Wildman–Crippen MR) is 132 cm³/mol. The van der Waals surface area contributed by atoms with Gasteiger partial charge in [0.05, 0.1) is 19.0 Å². The Balaban J connectivity index is 1.40. The second kappa shape index (κ2) is 10.3. The number of hydrogen-bond donors (Lipinski definition) is 1. The number of hydrogen-bond acceptors (Lipinski definition) is 6. The molecule has 0 unspecified atom stereocenters. The van der Waals surface area contributed by atoms with Crippen LogP contribution in [-0.4, -0.2) is 18.3 Å². The lowest BCUT2D eigenvalue weighted by Gasteiger charge is -2.11. The topological polar surface area (TPSA) is 55.7 Å². The van der Waals surface area contributed by atoms with E-state index in [0.29, 0.717) is 23.1 Å². The molecule has 5 nitrogen and oxygen atoms in total. The first-order valence-corrected chi connectivity index (χ1v) is 11.2. The maximum Gasteiger partial charge on any atom is 0.204 e. The van der Waals surface area contributed by atoms with Crippen molar-refractivity contribution in [3.8, 4) is 22.8 Å². The van der Waals surface area contributed by atoms with Crippen molar-refractivity contribution in [1.29, 1.82) is 0 Å². The molecule has 4 rings (SSSR count). The Morgan fingerprint density at radius 3 is 2.56 bits per heavy atom. The van der Waals surface area contributed by atoms with E-state index >= 15 is 0 Å². The summed E-state index contributed by atoms with van der Waals surface area (Å²) in [7, 11) is 1.62. The van der Waals surface area contributed by atoms with Gasteiger partial charge in [-0.15, -0.1) is 11.3 Å². The number of aryl methyl sites for hydroxylation is 1. The number of ether oxygens (including phenoxy) is 2. The van der Waals surface area contributed by atoms with Crippen LogP contribution < -0.4 is 14.9 Å². The highest BCUT2D eigenvalue weighted by Gasteiger charge is 2.09. The number of aromatic nitrogens is 1. The Labute approximate surface area is 196 Å². The monoisotopic (exact) mass is 463 g/mol. The highest BCUT2D eigenvalue weighted by Crippen LogP contribution is 2.31. The van der Waals surface area contributed by atoms with Crippen LogP contribution in [0.2, 0.25) is 5.02 Å². The lowest BCUT2D eigenvalue weighted by atomic mass is 10.1. The molecule has 1 N–H and O–H groups in total. The Morgan fingerprint density at radius 2 is 1.81 bits per heavy atom. The molecule has 0 amide bonds. The molecular weight excluding hydrogens is 442 g/mol. The van der Waals surface area contributed by atoms with Gasteiger partial charge in [-0.05, 0) is 48.4 Å². The van der Waals surface area contributed by atoms with E-state index in [1.165, 1.54) is 0 Å². The molecule has 1 aromatic heterocycles. The lowest BCUT2D eigenvalue weighted by molar-refractivity contribution is 0.284. The third kappa shape index (κ3) is 5.46. The van der Waals surface area contributed by atoms with Gasteiger partial charge in [0.25, 0.3) is 0 Å². The number of rotatable bonds is 8. The molecule has 0 saturated heterocycles. The summed E-state index contributed by atoms with van der Waals surface area (Å²) in [6.07, 6.45) is 1.73. The van der Waals surface area contributed by atoms with Crippen LogP contribution in [0.4, 0.5) is 5.13 Å². The molecule has 3 aromatic carbocycles. The molecule has 4 aromatic rings. The summed E-state index contributed by atoms with van der Waals surface area (Å²) in [6.45, 7) is 2.48. The molecule has 0 bridgehead atoms. The third-order valence-electron chi connectivity index (χ3n) is 4.71. The van der Waals surface area contributed by atoms with Crippen molar-refractivity contribution in [1.82, 2.24) is 4.98 Å². The second-order valence-corrected chi connectivity index (χ2v) is 8.62. The molecule has 0 aliphatic heterocycles. The summed E-state index contributed by atoms with van der Waals surface area (Å²) in [6, 6.07) is 23.4. The Kier molecular flexibility index (Phi) is 7.04. The van der Waals surface area contributed by atoms with Gasteiger partial charge in [-0.25, -0.2) is 4.98 Å². The molecule has 1 heterocycles. The van der Waals surface area contributed by atoms with Crippen LogP contribution in [0.5, 0.6) is 11.5 Å². The zero-order valence-electron chi connectivity index (χ0n) is 17.7. The van der Waals surface area contributed by atoms with E-state index in [9.17, 15) is 0 Å². The van der Waals surface area contributed by atoms with Crippen molar-refractivity contribution in [2.45, 2.75) is 13.5 Å². The number of nitrogens with one attached hydrogen (secondary N) is 1. The van der Waals surface area contributed by atoms with Gasteiger partial charge in [-0.2, -0.15) is 5.10 Å². The number of hydrazone groups is 1. The summed E-state index contributed by atoms with van der Waals surface area (Å²) >= 11 is 7.50. The van der Waals surface area contributed by atoms with Gasteiger partial charge in [0, 0.05) is 15.5 Å². The van der Waals surface area contributed by atoms with Gasteiger partial charge < -0.3 is 9.47 Å². The van der Waals surface area contributed by atoms with Crippen molar-refractivity contribution >= 4 is 34.3 Å². The van der Waals surface area contributed by atoms with E-state index in [0.717, 1.165) is 32.4 Å². The fourth-order valence-corrected chi connectivity index (χ4v) is 4.01. The number of benzene rings is 3. The number of methoxy groups -OCH3 is 1. The molecule has 0 fully saturated rings. The fourth-order valence-electron chi connectivity index (χ4n) is 3.10. The quantitative estimate of drug-likeness (QED) is 0.230. The minimum Gasteiger partial charge on any atom is -0.493 e. The van der Waals surface area contributed by atoms with Gasteiger partial charge in [0.1, 0.15) is 6.61 Å². The van der Waals surface area contributed by atoms with E-state index < -0.39 is 0 Å². The van der Waals surface area contributed by atoms with E-state index in [-0.39, 0.29) is 0 Å². The first kappa shape index (κ1) is 21.9. The van der Waals surface area contributed by atoms with E-state index in [1.807, 2.05) is 60.7 Å². The Bertz CT molecular complexity index is 1210. The summed E-state index contributed by atoms with van der Waals surface area (Å²) in [4.78, 5) is 5.80. The average molecular weight is 464 g/mol. The summed E-state index contributed by atoms with van der Waals surface area (Å²) in [5.74, 6) is 1.30. The molecule has 0 spiro atoms. The van der Waals surface area contributed by atoms with Crippen LogP contribution in [0, 0.1) is 6.92 Å². The van der Waals surface area contributed by atoms with E-state index in [4.69, 9.17) is 21.1 Å². The maximum absolute atomic E-state index is 5.93. The zero-order valence-corrected chi connectivity index (χ0v) is 19.3. The molecule has 32 heavy (non-hydrogen) atoms.